The van der Waals surface area contributed by atoms with E-state index in [0.29, 0.717) is 29.7 Å². The van der Waals surface area contributed by atoms with Gasteiger partial charge < -0.3 is 15.0 Å². The molecule has 130 valence electrons. The topological polar surface area (TPSA) is 41.6 Å². The molecule has 0 fully saturated rings. The van der Waals surface area contributed by atoms with Crippen molar-refractivity contribution in [2.75, 3.05) is 25.5 Å². The molecule has 1 atom stereocenters. The van der Waals surface area contributed by atoms with E-state index in [1.54, 1.807) is 23.5 Å². The summed E-state index contributed by atoms with van der Waals surface area (Å²) in [5.41, 5.74) is 1.76. The maximum Gasteiger partial charge on any atom is 0.341 e. The highest BCUT2D eigenvalue weighted by Crippen LogP contribution is 2.40. The highest BCUT2D eigenvalue weighted by Gasteiger charge is 2.28. The highest BCUT2D eigenvalue weighted by atomic mass is 32.1. The number of ether oxygens (including phenoxy) is 1. The van der Waals surface area contributed by atoms with Gasteiger partial charge in [-0.15, -0.1) is 24.5 Å². The lowest BCUT2D eigenvalue weighted by Crippen LogP contribution is -2.35. The summed E-state index contributed by atoms with van der Waals surface area (Å²) in [6, 6.07) is 0. The summed E-state index contributed by atoms with van der Waals surface area (Å²) < 4.78 is 5.00. The minimum atomic E-state index is -0.300. The first-order valence-corrected chi connectivity index (χ1v) is 9.24. The van der Waals surface area contributed by atoms with Crippen LogP contribution in [-0.2, 0) is 17.6 Å². The van der Waals surface area contributed by atoms with Crippen molar-refractivity contribution in [3.8, 4) is 0 Å². The monoisotopic (exact) mass is 364 g/mol. The molecular formula is C18H24N2O2S2. The Kier molecular flexibility index (Phi) is 6.57. The van der Waals surface area contributed by atoms with E-state index in [2.05, 4.69) is 25.4 Å². The SMILES string of the molecule is C=CCN(CC=C)C(=S)Nc1sc2c(c1C(=O)OC)CCC(C)C2. The number of carbonyl (C=O) groups excluding carboxylic acids is 1. The molecule has 4 nitrogen and oxygen atoms in total. The molecule has 0 aromatic carbocycles. The van der Waals surface area contributed by atoms with Crippen molar-refractivity contribution in [2.45, 2.75) is 26.2 Å². The van der Waals surface area contributed by atoms with Crippen LogP contribution < -0.4 is 5.32 Å². The molecule has 1 aliphatic carbocycles. The van der Waals surface area contributed by atoms with Gasteiger partial charge in [0.05, 0.1) is 12.7 Å². The molecule has 0 saturated heterocycles. The maximum atomic E-state index is 12.3. The Morgan fingerprint density at radius 2 is 2.12 bits per heavy atom. The Hall–Kier alpha value is -1.66. The fraction of sp³-hybridized carbons (Fsp3) is 0.444. The Balaban J connectivity index is 2.31. The van der Waals surface area contributed by atoms with Crippen LogP contribution in [0.2, 0.25) is 0 Å². The summed E-state index contributed by atoms with van der Waals surface area (Å²) in [5, 5.41) is 4.59. The van der Waals surface area contributed by atoms with Crippen LogP contribution in [0.15, 0.2) is 25.3 Å². The van der Waals surface area contributed by atoms with Crippen molar-refractivity contribution in [1.82, 2.24) is 4.90 Å². The van der Waals surface area contributed by atoms with E-state index in [4.69, 9.17) is 17.0 Å². The smallest absolute Gasteiger partial charge is 0.341 e. The number of methoxy groups -OCH3 is 1. The second-order valence-electron chi connectivity index (χ2n) is 5.96. The molecule has 1 aromatic rings. The summed E-state index contributed by atoms with van der Waals surface area (Å²) in [6.07, 6.45) is 6.59. The molecule has 24 heavy (non-hydrogen) atoms. The van der Waals surface area contributed by atoms with E-state index in [0.717, 1.165) is 29.8 Å². The predicted octanol–water partition coefficient (Wildman–Crippen LogP) is 4.03. The van der Waals surface area contributed by atoms with Gasteiger partial charge in [0, 0.05) is 18.0 Å². The van der Waals surface area contributed by atoms with Gasteiger partial charge in [0.1, 0.15) is 5.00 Å². The van der Waals surface area contributed by atoms with E-state index >= 15 is 0 Å². The molecule has 1 heterocycles. The van der Waals surface area contributed by atoms with E-state index in [1.807, 2.05) is 4.90 Å². The minimum absolute atomic E-state index is 0.300. The number of thiophene rings is 1. The number of hydrogen-bond acceptors (Lipinski definition) is 4. The fourth-order valence-electron chi connectivity index (χ4n) is 2.89. The number of hydrogen-bond donors (Lipinski definition) is 1. The molecule has 1 aliphatic rings. The second kappa shape index (κ2) is 8.44. The van der Waals surface area contributed by atoms with Crippen LogP contribution in [0.1, 0.15) is 34.1 Å². The van der Waals surface area contributed by atoms with Crippen LogP contribution in [0.3, 0.4) is 0 Å². The number of fused-ring (bicyclic) bond motifs is 1. The van der Waals surface area contributed by atoms with Gasteiger partial charge in [-0.2, -0.15) is 0 Å². The van der Waals surface area contributed by atoms with Crippen LogP contribution in [0.5, 0.6) is 0 Å². The van der Waals surface area contributed by atoms with Gasteiger partial charge in [0.2, 0.25) is 0 Å². The number of nitrogens with one attached hydrogen (secondary N) is 1. The summed E-state index contributed by atoms with van der Waals surface area (Å²) in [7, 11) is 1.42. The van der Waals surface area contributed by atoms with Crippen LogP contribution >= 0.6 is 23.6 Å². The first-order chi connectivity index (χ1) is 11.5. The molecule has 1 unspecified atom stereocenters. The summed E-state index contributed by atoms with van der Waals surface area (Å²) in [6.45, 7) is 11.0. The Morgan fingerprint density at radius 1 is 1.46 bits per heavy atom. The van der Waals surface area contributed by atoms with Gasteiger partial charge in [-0.1, -0.05) is 19.1 Å². The van der Waals surface area contributed by atoms with Crippen molar-refractivity contribution >= 4 is 39.6 Å². The highest BCUT2D eigenvalue weighted by molar-refractivity contribution is 7.80. The molecule has 0 saturated carbocycles. The third-order valence-electron chi connectivity index (χ3n) is 4.11. The molecule has 1 N–H and O–H groups in total. The lowest BCUT2D eigenvalue weighted by molar-refractivity contribution is 0.0601. The van der Waals surface area contributed by atoms with Crippen LogP contribution in [-0.4, -0.2) is 36.2 Å². The second-order valence-corrected chi connectivity index (χ2v) is 7.45. The van der Waals surface area contributed by atoms with E-state index in [1.165, 1.54) is 12.0 Å². The quantitative estimate of drug-likeness (QED) is 0.469. The molecule has 0 bridgehead atoms. The predicted molar refractivity (Wildman–Crippen MR) is 105 cm³/mol. The number of carbonyl (C=O) groups is 1. The average molecular weight is 365 g/mol. The van der Waals surface area contributed by atoms with Crippen molar-refractivity contribution in [3.63, 3.8) is 0 Å². The molecule has 0 aliphatic heterocycles. The number of anilines is 1. The van der Waals surface area contributed by atoms with Gasteiger partial charge in [-0.3, -0.25) is 0 Å². The summed E-state index contributed by atoms with van der Waals surface area (Å²) >= 11 is 7.12. The minimum Gasteiger partial charge on any atom is -0.465 e. The van der Waals surface area contributed by atoms with Crippen molar-refractivity contribution in [3.05, 3.63) is 41.3 Å². The largest absolute Gasteiger partial charge is 0.465 e. The third kappa shape index (κ3) is 4.05. The molecule has 0 radical (unpaired) electrons. The molecular weight excluding hydrogens is 340 g/mol. The number of thiocarbonyl (C=S) groups is 1. The molecule has 2 rings (SSSR count). The van der Waals surface area contributed by atoms with E-state index in [-0.39, 0.29) is 5.97 Å². The average Bonchev–Trinajstić information content (AvgIpc) is 2.90. The lowest BCUT2D eigenvalue weighted by atomic mass is 9.88. The molecule has 1 aromatic heterocycles. The Bertz CT molecular complexity index is 642. The third-order valence-corrected chi connectivity index (χ3v) is 5.64. The zero-order valence-electron chi connectivity index (χ0n) is 14.3. The Labute approximate surface area is 153 Å². The number of rotatable bonds is 6. The number of nitrogens with zero attached hydrogens (tertiary/aromatic N) is 1. The Morgan fingerprint density at radius 3 is 2.71 bits per heavy atom. The van der Waals surface area contributed by atoms with Crippen molar-refractivity contribution < 1.29 is 9.53 Å². The first kappa shape index (κ1) is 18.7. The summed E-state index contributed by atoms with van der Waals surface area (Å²) in [5.74, 6) is 0.339. The zero-order valence-corrected chi connectivity index (χ0v) is 15.9. The molecule has 6 heteroatoms. The van der Waals surface area contributed by atoms with Gasteiger partial charge in [-0.25, -0.2) is 4.79 Å². The maximum absolute atomic E-state index is 12.3. The summed E-state index contributed by atoms with van der Waals surface area (Å²) in [4.78, 5) is 15.5. The molecule has 0 amide bonds. The first-order valence-electron chi connectivity index (χ1n) is 8.02. The van der Waals surface area contributed by atoms with Gasteiger partial charge >= 0.3 is 5.97 Å². The number of esters is 1. The standard InChI is InChI=1S/C18H24N2O2S2/c1-5-9-20(10-6-2)18(23)19-16-15(17(21)22-4)13-8-7-12(3)11-14(13)24-16/h5-6,12H,1-2,7-11H2,3-4H3,(H,19,23). The normalized spacial score (nSPS) is 16.0. The van der Waals surface area contributed by atoms with Crippen molar-refractivity contribution in [2.24, 2.45) is 5.92 Å². The van der Waals surface area contributed by atoms with E-state index in [9.17, 15) is 4.79 Å². The fourth-order valence-corrected chi connectivity index (χ4v) is 4.60. The van der Waals surface area contributed by atoms with E-state index < -0.39 is 0 Å². The van der Waals surface area contributed by atoms with Gasteiger partial charge in [0.15, 0.2) is 5.11 Å². The van der Waals surface area contributed by atoms with Gasteiger partial charge in [-0.05, 0) is 43.0 Å². The van der Waals surface area contributed by atoms with Crippen molar-refractivity contribution in [1.29, 1.82) is 0 Å². The lowest BCUT2D eigenvalue weighted by Gasteiger charge is -2.22. The van der Waals surface area contributed by atoms with Crippen LogP contribution in [0, 0.1) is 5.92 Å². The van der Waals surface area contributed by atoms with Gasteiger partial charge in [0.25, 0.3) is 0 Å². The zero-order chi connectivity index (χ0) is 17.7. The molecule has 0 spiro atoms. The van der Waals surface area contributed by atoms with Crippen LogP contribution in [0.4, 0.5) is 5.00 Å². The van der Waals surface area contributed by atoms with Crippen LogP contribution in [0.25, 0.3) is 0 Å².